The zero-order chi connectivity index (χ0) is 9.42. The minimum absolute atomic E-state index is 0.545. The van der Waals surface area contributed by atoms with E-state index in [1.165, 1.54) is 6.20 Å². The largest absolute Gasteiger partial charge is 0.463 e. The Hall–Kier alpha value is -1.36. The molecule has 1 aromatic heterocycles. The maximum absolute atomic E-state index is 10.5. The van der Waals surface area contributed by atoms with Crippen molar-refractivity contribution >= 4 is 6.09 Å². The molecule has 0 amide bonds. The first kappa shape index (κ1) is 8.25. The van der Waals surface area contributed by atoms with E-state index in [2.05, 4.69) is 5.10 Å². The van der Waals surface area contributed by atoms with E-state index in [9.17, 15) is 9.90 Å². The Morgan fingerprint density at radius 3 is 3.08 bits per heavy atom. The van der Waals surface area contributed by atoms with Crippen molar-refractivity contribution in [3.05, 3.63) is 17.5 Å². The summed E-state index contributed by atoms with van der Waals surface area (Å²) in [6, 6.07) is 0. The molecule has 2 rings (SSSR count). The number of aromatic nitrogens is 2. The standard InChI is InChI=1S/C8H10N2O3/c11-7-3-1-2-6-5(7)4-10(9-6)8(12)13/h4,7,11H,1-3H2,(H,12,13). The van der Waals surface area contributed by atoms with Gasteiger partial charge < -0.3 is 10.2 Å². The van der Waals surface area contributed by atoms with Gasteiger partial charge in [0.25, 0.3) is 0 Å². The predicted molar refractivity (Wildman–Crippen MR) is 43.5 cm³/mol. The molecule has 1 unspecified atom stereocenters. The van der Waals surface area contributed by atoms with Crippen molar-refractivity contribution in [3.63, 3.8) is 0 Å². The first-order chi connectivity index (χ1) is 6.18. The molecule has 1 aromatic rings. The summed E-state index contributed by atoms with van der Waals surface area (Å²) in [6.45, 7) is 0. The number of aliphatic hydroxyl groups is 1. The van der Waals surface area contributed by atoms with Crippen LogP contribution < -0.4 is 0 Å². The maximum Gasteiger partial charge on any atom is 0.432 e. The van der Waals surface area contributed by atoms with Crippen molar-refractivity contribution in [1.29, 1.82) is 0 Å². The number of aliphatic hydroxyl groups excluding tert-OH is 1. The molecule has 0 saturated carbocycles. The minimum Gasteiger partial charge on any atom is -0.463 e. The van der Waals surface area contributed by atoms with Crippen molar-refractivity contribution in [3.8, 4) is 0 Å². The van der Waals surface area contributed by atoms with Gasteiger partial charge in [-0.3, -0.25) is 0 Å². The fourth-order valence-corrected chi connectivity index (χ4v) is 1.61. The van der Waals surface area contributed by atoms with Gasteiger partial charge in [0.15, 0.2) is 0 Å². The molecular weight excluding hydrogens is 172 g/mol. The highest BCUT2D eigenvalue weighted by Gasteiger charge is 2.22. The smallest absolute Gasteiger partial charge is 0.432 e. The molecule has 0 aromatic carbocycles. The quantitative estimate of drug-likeness (QED) is 0.621. The molecule has 13 heavy (non-hydrogen) atoms. The summed E-state index contributed by atoms with van der Waals surface area (Å²) < 4.78 is 0.860. The van der Waals surface area contributed by atoms with Crippen molar-refractivity contribution < 1.29 is 15.0 Å². The molecule has 1 heterocycles. The number of hydrogen-bond donors (Lipinski definition) is 2. The summed E-state index contributed by atoms with van der Waals surface area (Å²) in [7, 11) is 0. The first-order valence-corrected chi connectivity index (χ1v) is 4.18. The van der Waals surface area contributed by atoms with E-state index in [-0.39, 0.29) is 0 Å². The van der Waals surface area contributed by atoms with E-state index < -0.39 is 12.2 Å². The molecule has 0 radical (unpaired) electrons. The highest BCUT2D eigenvalue weighted by molar-refractivity contribution is 5.67. The minimum atomic E-state index is -1.11. The molecule has 1 aliphatic carbocycles. The van der Waals surface area contributed by atoms with E-state index in [4.69, 9.17) is 5.11 Å². The van der Waals surface area contributed by atoms with Crippen LogP contribution in [0.3, 0.4) is 0 Å². The van der Waals surface area contributed by atoms with Gasteiger partial charge in [0, 0.05) is 11.8 Å². The van der Waals surface area contributed by atoms with Gasteiger partial charge in [0.1, 0.15) is 0 Å². The van der Waals surface area contributed by atoms with E-state index in [1.807, 2.05) is 0 Å². The molecule has 0 fully saturated rings. The van der Waals surface area contributed by atoms with Gasteiger partial charge in [0.05, 0.1) is 11.8 Å². The van der Waals surface area contributed by atoms with Crippen LogP contribution >= 0.6 is 0 Å². The zero-order valence-corrected chi connectivity index (χ0v) is 6.97. The molecular formula is C8H10N2O3. The van der Waals surface area contributed by atoms with Gasteiger partial charge >= 0.3 is 6.09 Å². The highest BCUT2D eigenvalue weighted by Crippen LogP contribution is 2.28. The average molecular weight is 182 g/mol. The lowest BCUT2D eigenvalue weighted by Gasteiger charge is -2.14. The Balaban J connectivity index is 2.42. The van der Waals surface area contributed by atoms with Crippen LogP contribution in [0, 0.1) is 0 Å². The van der Waals surface area contributed by atoms with Crippen LogP contribution in [0.5, 0.6) is 0 Å². The topological polar surface area (TPSA) is 75.3 Å². The molecule has 0 aliphatic heterocycles. The molecule has 1 atom stereocenters. The molecule has 0 bridgehead atoms. The Morgan fingerprint density at radius 1 is 1.69 bits per heavy atom. The predicted octanol–water partition coefficient (Wildman–Crippen LogP) is 0.779. The van der Waals surface area contributed by atoms with Gasteiger partial charge in [-0.15, -0.1) is 0 Å². The highest BCUT2D eigenvalue weighted by atomic mass is 16.4. The summed E-state index contributed by atoms with van der Waals surface area (Å²) >= 11 is 0. The van der Waals surface area contributed by atoms with Crippen LogP contribution in [0.25, 0.3) is 0 Å². The Morgan fingerprint density at radius 2 is 2.46 bits per heavy atom. The SMILES string of the molecule is O=C(O)n1cc2c(n1)CCCC2O. The summed E-state index contributed by atoms with van der Waals surface area (Å²) in [5.74, 6) is 0. The Bertz CT molecular complexity index is 345. The summed E-state index contributed by atoms with van der Waals surface area (Å²) in [5, 5.41) is 22.0. The molecule has 5 heteroatoms. The Labute approximate surface area is 74.6 Å². The number of carbonyl (C=O) groups is 1. The third kappa shape index (κ3) is 1.31. The number of fused-ring (bicyclic) bond motifs is 1. The van der Waals surface area contributed by atoms with Crippen LogP contribution in [0.15, 0.2) is 6.20 Å². The van der Waals surface area contributed by atoms with Crippen molar-refractivity contribution in [2.24, 2.45) is 0 Å². The molecule has 2 N–H and O–H groups in total. The second kappa shape index (κ2) is 2.85. The molecule has 1 aliphatic rings. The lowest BCUT2D eigenvalue weighted by atomic mass is 9.96. The fraction of sp³-hybridized carbons (Fsp3) is 0.500. The molecule has 5 nitrogen and oxygen atoms in total. The lowest BCUT2D eigenvalue weighted by molar-refractivity contribution is 0.156. The van der Waals surface area contributed by atoms with E-state index in [0.29, 0.717) is 17.7 Å². The van der Waals surface area contributed by atoms with E-state index in [0.717, 1.165) is 17.5 Å². The Kier molecular flexibility index (Phi) is 1.81. The van der Waals surface area contributed by atoms with Crippen molar-refractivity contribution in [2.45, 2.75) is 25.4 Å². The third-order valence-corrected chi connectivity index (χ3v) is 2.27. The number of carboxylic acid groups (broad SMARTS) is 1. The maximum atomic E-state index is 10.5. The number of rotatable bonds is 0. The number of aryl methyl sites for hydroxylation is 1. The van der Waals surface area contributed by atoms with Crippen LogP contribution in [0.1, 0.15) is 30.2 Å². The third-order valence-electron chi connectivity index (χ3n) is 2.27. The first-order valence-electron chi connectivity index (χ1n) is 4.18. The van der Waals surface area contributed by atoms with Gasteiger partial charge in [-0.2, -0.15) is 9.78 Å². The summed E-state index contributed by atoms with van der Waals surface area (Å²) in [6.07, 6.45) is 2.05. The van der Waals surface area contributed by atoms with Gasteiger partial charge in [0.2, 0.25) is 0 Å². The summed E-state index contributed by atoms with van der Waals surface area (Å²) in [4.78, 5) is 10.5. The van der Waals surface area contributed by atoms with Crippen molar-refractivity contribution in [1.82, 2.24) is 9.78 Å². The second-order valence-corrected chi connectivity index (χ2v) is 3.17. The lowest BCUT2D eigenvalue weighted by Crippen LogP contribution is -2.08. The number of nitrogens with zero attached hydrogens (tertiary/aromatic N) is 2. The van der Waals surface area contributed by atoms with Crippen LogP contribution in [0.2, 0.25) is 0 Å². The molecule has 0 spiro atoms. The average Bonchev–Trinajstić information content (AvgIpc) is 2.49. The fourth-order valence-electron chi connectivity index (χ4n) is 1.61. The summed E-state index contributed by atoms with van der Waals surface area (Å²) in [5.41, 5.74) is 1.37. The van der Waals surface area contributed by atoms with Crippen LogP contribution in [-0.4, -0.2) is 26.1 Å². The van der Waals surface area contributed by atoms with Crippen LogP contribution in [0.4, 0.5) is 4.79 Å². The second-order valence-electron chi connectivity index (χ2n) is 3.17. The van der Waals surface area contributed by atoms with Gasteiger partial charge in [-0.25, -0.2) is 4.79 Å². The van der Waals surface area contributed by atoms with Gasteiger partial charge in [-0.1, -0.05) is 0 Å². The van der Waals surface area contributed by atoms with Crippen LogP contribution in [-0.2, 0) is 6.42 Å². The monoisotopic (exact) mass is 182 g/mol. The number of hydrogen-bond acceptors (Lipinski definition) is 3. The zero-order valence-electron chi connectivity index (χ0n) is 6.97. The van der Waals surface area contributed by atoms with Crippen molar-refractivity contribution in [2.75, 3.05) is 0 Å². The van der Waals surface area contributed by atoms with E-state index >= 15 is 0 Å². The van der Waals surface area contributed by atoms with Gasteiger partial charge in [-0.05, 0) is 19.3 Å². The molecule has 0 saturated heterocycles. The molecule has 70 valence electrons. The normalized spacial score (nSPS) is 21.2. The van der Waals surface area contributed by atoms with E-state index in [1.54, 1.807) is 0 Å².